The second-order valence-electron chi connectivity index (χ2n) is 8.25. The lowest BCUT2D eigenvalue weighted by Crippen LogP contribution is -2.51. The van der Waals surface area contributed by atoms with Gasteiger partial charge in [-0.1, -0.05) is 55.5 Å². The van der Waals surface area contributed by atoms with Gasteiger partial charge in [0.1, 0.15) is 5.75 Å². The Bertz CT molecular complexity index is 1240. The molecule has 1 heterocycles. The maximum Gasteiger partial charge on any atom is 0.264 e. The summed E-state index contributed by atoms with van der Waals surface area (Å²) in [5.41, 5.74) is 3.53. The number of rotatable bonds is 6. The number of fused-ring (bicyclic) bond motifs is 1. The summed E-state index contributed by atoms with van der Waals surface area (Å²) in [6.07, 6.45) is -0.0299. The Morgan fingerprint density at radius 3 is 2.45 bits per heavy atom. The van der Waals surface area contributed by atoms with E-state index in [9.17, 15) is 13.2 Å². The van der Waals surface area contributed by atoms with Crippen molar-refractivity contribution in [1.29, 1.82) is 0 Å². The number of ether oxygens (including phenoxy) is 1. The lowest BCUT2D eigenvalue weighted by Gasteiger charge is -2.35. The Hall–Kier alpha value is -3.32. The molecule has 0 spiro atoms. The summed E-state index contributed by atoms with van der Waals surface area (Å²) in [5.74, 6) is 0.00742. The fourth-order valence-corrected chi connectivity index (χ4v) is 5.37. The monoisotopic (exact) mass is 464 g/mol. The normalized spacial score (nSPS) is 16.5. The van der Waals surface area contributed by atoms with Crippen LogP contribution in [0.4, 0.5) is 5.69 Å². The molecule has 6 nitrogen and oxygen atoms in total. The van der Waals surface area contributed by atoms with Gasteiger partial charge in [-0.05, 0) is 61.2 Å². The molecule has 2 atom stereocenters. The summed E-state index contributed by atoms with van der Waals surface area (Å²) >= 11 is 0. The van der Waals surface area contributed by atoms with Crippen molar-refractivity contribution in [3.63, 3.8) is 0 Å². The molecule has 0 radical (unpaired) electrons. The summed E-state index contributed by atoms with van der Waals surface area (Å²) in [4.78, 5) is 13.3. The van der Waals surface area contributed by atoms with E-state index in [1.54, 1.807) is 42.5 Å². The minimum atomic E-state index is -3.87. The molecule has 0 bridgehead atoms. The van der Waals surface area contributed by atoms with Gasteiger partial charge in [0.15, 0.2) is 6.10 Å². The first kappa shape index (κ1) is 22.9. The van der Waals surface area contributed by atoms with E-state index < -0.39 is 16.1 Å². The van der Waals surface area contributed by atoms with Gasteiger partial charge in [-0.2, -0.15) is 0 Å². The SMILES string of the molecule is CCc1ccc([C@H](C)NC(=O)[C@@H]2CN(S(=O)(=O)c3ccccc3)c3cc(C)ccc3O2)cc1. The van der Waals surface area contributed by atoms with Crippen molar-refractivity contribution >= 4 is 21.6 Å². The molecule has 0 unspecified atom stereocenters. The van der Waals surface area contributed by atoms with Gasteiger partial charge >= 0.3 is 0 Å². The van der Waals surface area contributed by atoms with E-state index in [1.165, 1.54) is 9.87 Å². The Labute approximate surface area is 195 Å². The summed E-state index contributed by atoms with van der Waals surface area (Å²) < 4.78 is 34.2. The van der Waals surface area contributed by atoms with Crippen molar-refractivity contribution < 1.29 is 17.9 Å². The highest BCUT2D eigenvalue weighted by atomic mass is 32.2. The van der Waals surface area contributed by atoms with E-state index in [1.807, 2.05) is 44.2 Å². The summed E-state index contributed by atoms with van der Waals surface area (Å²) in [6, 6.07) is 21.4. The Morgan fingerprint density at radius 2 is 1.79 bits per heavy atom. The number of nitrogens with one attached hydrogen (secondary N) is 1. The predicted molar refractivity (Wildman–Crippen MR) is 129 cm³/mol. The van der Waals surface area contributed by atoms with Crippen molar-refractivity contribution in [3.8, 4) is 5.75 Å². The molecule has 7 heteroatoms. The van der Waals surface area contributed by atoms with Crippen molar-refractivity contribution in [2.45, 2.75) is 44.2 Å². The van der Waals surface area contributed by atoms with Crippen LogP contribution < -0.4 is 14.4 Å². The number of sulfonamides is 1. The first-order valence-electron chi connectivity index (χ1n) is 11.0. The van der Waals surface area contributed by atoms with Crippen LogP contribution in [0.1, 0.15) is 36.6 Å². The number of carbonyl (C=O) groups is 1. The van der Waals surface area contributed by atoms with Gasteiger partial charge in [0.05, 0.1) is 23.2 Å². The number of amides is 1. The molecule has 33 heavy (non-hydrogen) atoms. The fraction of sp³-hybridized carbons (Fsp3) is 0.269. The second kappa shape index (κ2) is 9.27. The molecule has 3 aromatic carbocycles. The lowest BCUT2D eigenvalue weighted by molar-refractivity contribution is -0.128. The van der Waals surface area contributed by atoms with E-state index in [2.05, 4.69) is 12.2 Å². The average molecular weight is 465 g/mol. The Balaban J connectivity index is 1.61. The molecule has 1 N–H and O–H groups in total. The number of hydrogen-bond donors (Lipinski definition) is 1. The molecule has 3 aromatic rings. The lowest BCUT2D eigenvalue weighted by atomic mass is 10.0. The molecule has 0 saturated carbocycles. The molecule has 1 aliphatic heterocycles. The number of nitrogens with zero attached hydrogens (tertiary/aromatic N) is 1. The molecular formula is C26H28N2O4S. The summed E-state index contributed by atoms with van der Waals surface area (Å²) in [7, 11) is -3.87. The molecule has 0 saturated heterocycles. The van der Waals surface area contributed by atoms with Crippen molar-refractivity contribution in [1.82, 2.24) is 5.32 Å². The standard InChI is InChI=1S/C26H28N2O4S/c1-4-20-11-13-21(14-12-20)19(3)27-26(29)25-17-28(23-16-18(2)10-15-24(23)32-25)33(30,31)22-8-6-5-7-9-22/h5-16,19,25H,4,17H2,1-3H3,(H,27,29)/t19-,25-/m0/s1. The van der Waals surface area contributed by atoms with Crippen LogP contribution in [0, 0.1) is 6.92 Å². The van der Waals surface area contributed by atoms with Gasteiger partial charge in [-0.3, -0.25) is 9.10 Å². The first-order valence-corrected chi connectivity index (χ1v) is 12.5. The maximum atomic E-state index is 13.5. The minimum Gasteiger partial charge on any atom is -0.476 e. The number of hydrogen-bond acceptors (Lipinski definition) is 4. The summed E-state index contributed by atoms with van der Waals surface area (Å²) in [5, 5.41) is 2.97. The number of anilines is 1. The van der Waals surface area contributed by atoms with Crippen LogP contribution in [0.5, 0.6) is 5.75 Å². The van der Waals surface area contributed by atoms with E-state index in [0.29, 0.717) is 11.4 Å². The number of carbonyl (C=O) groups excluding carboxylic acids is 1. The van der Waals surface area contributed by atoms with Crippen LogP contribution in [0.15, 0.2) is 77.7 Å². The molecule has 0 aromatic heterocycles. The topological polar surface area (TPSA) is 75.7 Å². The van der Waals surface area contributed by atoms with E-state index in [0.717, 1.165) is 17.5 Å². The zero-order valence-corrected chi connectivity index (χ0v) is 19.8. The highest BCUT2D eigenvalue weighted by Crippen LogP contribution is 2.37. The quantitative estimate of drug-likeness (QED) is 0.587. The molecule has 1 amide bonds. The fourth-order valence-electron chi connectivity index (χ4n) is 3.88. The molecule has 4 rings (SSSR count). The molecular weight excluding hydrogens is 436 g/mol. The minimum absolute atomic E-state index is 0.110. The van der Waals surface area contributed by atoms with Gasteiger partial charge in [-0.25, -0.2) is 8.42 Å². The van der Waals surface area contributed by atoms with Gasteiger partial charge in [-0.15, -0.1) is 0 Å². The van der Waals surface area contributed by atoms with Crippen molar-refractivity contribution in [3.05, 3.63) is 89.5 Å². The third-order valence-electron chi connectivity index (χ3n) is 5.85. The van der Waals surface area contributed by atoms with Crippen LogP contribution in [0.25, 0.3) is 0 Å². The van der Waals surface area contributed by atoms with Crippen LogP contribution in [-0.2, 0) is 21.2 Å². The van der Waals surface area contributed by atoms with Crippen LogP contribution in [0.2, 0.25) is 0 Å². The Morgan fingerprint density at radius 1 is 1.09 bits per heavy atom. The zero-order chi connectivity index (χ0) is 23.6. The first-order chi connectivity index (χ1) is 15.8. The van der Waals surface area contributed by atoms with E-state index in [4.69, 9.17) is 4.74 Å². The van der Waals surface area contributed by atoms with Crippen LogP contribution >= 0.6 is 0 Å². The Kier molecular flexibility index (Phi) is 6.42. The highest BCUT2D eigenvalue weighted by Gasteiger charge is 2.38. The predicted octanol–water partition coefficient (Wildman–Crippen LogP) is 4.39. The van der Waals surface area contributed by atoms with Gasteiger partial charge in [0.25, 0.3) is 15.9 Å². The largest absolute Gasteiger partial charge is 0.476 e. The third kappa shape index (κ3) is 4.73. The van der Waals surface area contributed by atoms with Crippen LogP contribution in [0.3, 0.4) is 0 Å². The van der Waals surface area contributed by atoms with Crippen molar-refractivity contribution in [2.75, 3.05) is 10.8 Å². The van der Waals surface area contributed by atoms with Gasteiger partial charge < -0.3 is 10.1 Å². The number of benzene rings is 3. The maximum absolute atomic E-state index is 13.5. The summed E-state index contributed by atoms with van der Waals surface area (Å²) in [6.45, 7) is 5.77. The molecule has 172 valence electrons. The van der Waals surface area contributed by atoms with Crippen molar-refractivity contribution in [2.24, 2.45) is 0 Å². The molecule has 0 aliphatic carbocycles. The number of aryl methyl sites for hydroxylation is 2. The van der Waals surface area contributed by atoms with E-state index >= 15 is 0 Å². The smallest absolute Gasteiger partial charge is 0.264 e. The third-order valence-corrected chi connectivity index (χ3v) is 7.65. The molecule has 1 aliphatic rings. The zero-order valence-electron chi connectivity index (χ0n) is 19.0. The van der Waals surface area contributed by atoms with Crippen LogP contribution in [-0.4, -0.2) is 27.0 Å². The molecule has 0 fully saturated rings. The highest BCUT2D eigenvalue weighted by molar-refractivity contribution is 7.92. The van der Waals surface area contributed by atoms with Gasteiger partial charge in [0.2, 0.25) is 0 Å². The average Bonchev–Trinajstić information content (AvgIpc) is 2.83. The van der Waals surface area contributed by atoms with Gasteiger partial charge in [0, 0.05) is 0 Å². The second-order valence-corrected chi connectivity index (χ2v) is 10.1. The van der Waals surface area contributed by atoms with E-state index in [-0.39, 0.29) is 23.4 Å².